The molecule has 1 aliphatic heterocycles. The van der Waals surface area contributed by atoms with E-state index in [1.54, 1.807) is 6.92 Å². The van der Waals surface area contributed by atoms with E-state index in [0.717, 1.165) is 0 Å². The molecule has 1 fully saturated rings. The summed E-state index contributed by atoms with van der Waals surface area (Å²) in [5, 5.41) is 12.1. The van der Waals surface area contributed by atoms with Crippen molar-refractivity contribution in [2.45, 2.75) is 19.8 Å². The van der Waals surface area contributed by atoms with Gasteiger partial charge in [-0.25, -0.2) is 0 Å². The van der Waals surface area contributed by atoms with Crippen LogP contribution in [0.25, 0.3) is 0 Å². The summed E-state index contributed by atoms with van der Waals surface area (Å²) < 4.78 is 4.89. The second-order valence-electron chi connectivity index (χ2n) is 3.16. The van der Waals surface area contributed by atoms with E-state index in [-0.39, 0.29) is 5.97 Å². The van der Waals surface area contributed by atoms with Gasteiger partial charge < -0.3 is 10.1 Å². The number of hydrogen-bond donors (Lipinski definition) is 1. The molecule has 1 heterocycles. The highest BCUT2D eigenvalue weighted by atomic mass is 16.5. The van der Waals surface area contributed by atoms with Crippen molar-refractivity contribution in [3.05, 3.63) is 0 Å². The van der Waals surface area contributed by atoms with Gasteiger partial charge in [0.2, 0.25) is 0 Å². The topological polar surface area (TPSA) is 62.1 Å². The number of nitriles is 1. The summed E-state index contributed by atoms with van der Waals surface area (Å²) in [6, 6.07) is 2.09. The zero-order valence-corrected chi connectivity index (χ0v) is 7.80. The van der Waals surface area contributed by atoms with Gasteiger partial charge in [0.25, 0.3) is 0 Å². The van der Waals surface area contributed by atoms with E-state index < -0.39 is 5.41 Å². The third kappa shape index (κ3) is 1.99. The molecule has 0 aromatic rings. The van der Waals surface area contributed by atoms with Gasteiger partial charge in [-0.05, 0) is 32.9 Å². The van der Waals surface area contributed by atoms with Gasteiger partial charge in [-0.1, -0.05) is 0 Å². The zero-order chi connectivity index (χ0) is 9.73. The maximum atomic E-state index is 11.5. The molecule has 0 aliphatic carbocycles. The molecule has 0 unspecified atom stereocenters. The average Bonchev–Trinajstić information content (AvgIpc) is 2.19. The van der Waals surface area contributed by atoms with Gasteiger partial charge in [0.05, 0.1) is 12.7 Å². The Kier molecular flexibility index (Phi) is 3.26. The number of hydrogen-bond acceptors (Lipinski definition) is 4. The van der Waals surface area contributed by atoms with Gasteiger partial charge in [-0.2, -0.15) is 5.26 Å². The fraction of sp³-hybridized carbons (Fsp3) is 0.778. The standard InChI is InChI=1S/C9H14N2O2/c1-2-13-8(12)9(7-10)3-5-11-6-4-9/h11H,2-6H2,1H3. The van der Waals surface area contributed by atoms with E-state index in [4.69, 9.17) is 10.00 Å². The van der Waals surface area contributed by atoms with Gasteiger partial charge in [0, 0.05) is 0 Å². The highest BCUT2D eigenvalue weighted by Crippen LogP contribution is 2.29. The Bertz CT molecular complexity index is 226. The summed E-state index contributed by atoms with van der Waals surface area (Å²) in [6.07, 6.45) is 1.12. The number of carbonyl (C=O) groups excluding carboxylic acids is 1. The predicted octanol–water partition coefficient (Wildman–Crippen LogP) is 0.443. The highest BCUT2D eigenvalue weighted by molar-refractivity contribution is 5.80. The van der Waals surface area contributed by atoms with Crippen molar-refractivity contribution >= 4 is 5.97 Å². The minimum atomic E-state index is -0.888. The molecule has 1 rings (SSSR count). The number of piperidine rings is 1. The fourth-order valence-electron chi connectivity index (χ4n) is 1.48. The van der Waals surface area contributed by atoms with Crippen molar-refractivity contribution in [2.24, 2.45) is 5.41 Å². The van der Waals surface area contributed by atoms with Crippen molar-refractivity contribution in [2.75, 3.05) is 19.7 Å². The lowest BCUT2D eigenvalue weighted by atomic mass is 9.80. The van der Waals surface area contributed by atoms with Crippen LogP contribution in [0.2, 0.25) is 0 Å². The summed E-state index contributed by atoms with van der Waals surface area (Å²) in [5.74, 6) is -0.362. The van der Waals surface area contributed by atoms with Crippen LogP contribution in [0, 0.1) is 16.7 Å². The molecular weight excluding hydrogens is 168 g/mol. The first-order valence-corrected chi connectivity index (χ1v) is 4.54. The second kappa shape index (κ2) is 4.24. The van der Waals surface area contributed by atoms with Gasteiger partial charge in [-0.15, -0.1) is 0 Å². The number of esters is 1. The van der Waals surface area contributed by atoms with Crippen molar-refractivity contribution in [3.63, 3.8) is 0 Å². The maximum absolute atomic E-state index is 11.5. The van der Waals surface area contributed by atoms with Crippen LogP contribution >= 0.6 is 0 Å². The average molecular weight is 182 g/mol. The summed E-state index contributed by atoms with van der Waals surface area (Å²) in [5.41, 5.74) is -0.888. The molecular formula is C9H14N2O2. The quantitative estimate of drug-likeness (QED) is 0.629. The van der Waals surface area contributed by atoms with Gasteiger partial charge in [0.1, 0.15) is 0 Å². The van der Waals surface area contributed by atoms with Crippen LogP contribution in [0.5, 0.6) is 0 Å². The Morgan fingerprint density at radius 1 is 1.62 bits per heavy atom. The number of ether oxygens (including phenoxy) is 1. The number of nitrogens with zero attached hydrogens (tertiary/aromatic N) is 1. The van der Waals surface area contributed by atoms with Crippen molar-refractivity contribution in [1.82, 2.24) is 5.32 Å². The summed E-state index contributed by atoms with van der Waals surface area (Å²) in [6.45, 7) is 3.53. The molecule has 4 heteroatoms. The van der Waals surface area contributed by atoms with E-state index in [9.17, 15) is 4.79 Å². The monoisotopic (exact) mass is 182 g/mol. The van der Waals surface area contributed by atoms with Crippen molar-refractivity contribution in [3.8, 4) is 6.07 Å². The fourth-order valence-corrected chi connectivity index (χ4v) is 1.48. The van der Waals surface area contributed by atoms with E-state index in [1.807, 2.05) is 0 Å². The van der Waals surface area contributed by atoms with Crippen LogP contribution < -0.4 is 5.32 Å². The van der Waals surface area contributed by atoms with Gasteiger partial charge >= 0.3 is 5.97 Å². The van der Waals surface area contributed by atoms with Crippen LogP contribution in [0.1, 0.15) is 19.8 Å². The highest BCUT2D eigenvalue weighted by Gasteiger charge is 2.41. The SMILES string of the molecule is CCOC(=O)C1(C#N)CCNCC1. The lowest BCUT2D eigenvalue weighted by molar-refractivity contribution is -0.153. The molecule has 0 amide bonds. The van der Waals surface area contributed by atoms with Crippen LogP contribution in [-0.2, 0) is 9.53 Å². The lowest BCUT2D eigenvalue weighted by Gasteiger charge is -2.28. The molecule has 0 spiro atoms. The Morgan fingerprint density at radius 2 is 2.23 bits per heavy atom. The first kappa shape index (κ1) is 10.0. The van der Waals surface area contributed by atoms with Crippen LogP contribution in [0.15, 0.2) is 0 Å². The summed E-state index contributed by atoms with van der Waals surface area (Å²) in [7, 11) is 0. The Labute approximate surface area is 77.9 Å². The summed E-state index contributed by atoms with van der Waals surface area (Å²) >= 11 is 0. The molecule has 0 radical (unpaired) electrons. The third-order valence-electron chi connectivity index (χ3n) is 2.34. The maximum Gasteiger partial charge on any atom is 0.326 e. The molecule has 72 valence electrons. The molecule has 13 heavy (non-hydrogen) atoms. The Hall–Kier alpha value is -1.08. The van der Waals surface area contributed by atoms with Crippen molar-refractivity contribution in [1.29, 1.82) is 5.26 Å². The van der Waals surface area contributed by atoms with Crippen LogP contribution in [0.4, 0.5) is 0 Å². The largest absolute Gasteiger partial charge is 0.465 e. The molecule has 1 saturated heterocycles. The number of nitrogens with one attached hydrogen (secondary N) is 1. The van der Waals surface area contributed by atoms with E-state index in [0.29, 0.717) is 32.5 Å². The third-order valence-corrected chi connectivity index (χ3v) is 2.34. The minimum absolute atomic E-state index is 0.343. The van der Waals surface area contributed by atoms with E-state index in [1.165, 1.54) is 0 Å². The summed E-state index contributed by atoms with van der Waals surface area (Å²) in [4.78, 5) is 11.5. The predicted molar refractivity (Wildman–Crippen MR) is 46.8 cm³/mol. The second-order valence-corrected chi connectivity index (χ2v) is 3.16. The molecule has 1 aliphatic rings. The number of carbonyl (C=O) groups is 1. The molecule has 0 saturated carbocycles. The van der Waals surface area contributed by atoms with Gasteiger partial charge in [-0.3, -0.25) is 4.79 Å². The van der Waals surface area contributed by atoms with Crippen LogP contribution in [0.3, 0.4) is 0 Å². The van der Waals surface area contributed by atoms with Crippen molar-refractivity contribution < 1.29 is 9.53 Å². The smallest absolute Gasteiger partial charge is 0.326 e. The Balaban J connectivity index is 2.68. The van der Waals surface area contributed by atoms with Crippen LogP contribution in [-0.4, -0.2) is 25.7 Å². The molecule has 0 bridgehead atoms. The molecule has 0 aromatic heterocycles. The minimum Gasteiger partial charge on any atom is -0.465 e. The molecule has 1 N–H and O–H groups in total. The molecule has 4 nitrogen and oxygen atoms in total. The normalized spacial score (nSPS) is 20.3. The number of rotatable bonds is 2. The lowest BCUT2D eigenvalue weighted by Crippen LogP contribution is -2.42. The van der Waals surface area contributed by atoms with E-state index >= 15 is 0 Å². The first-order valence-electron chi connectivity index (χ1n) is 4.54. The van der Waals surface area contributed by atoms with E-state index in [2.05, 4.69) is 11.4 Å². The first-order chi connectivity index (χ1) is 6.25. The molecule has 0 aromatic carbocycles. The zero-order valence-electron chi connectivity index (χ0n) is 7.80. The Morgan fingerprint density at radius 3 is 2.69 bits per heavy atom. The molecule has 0 atom stereocenters. The van der Waals surface area contributed by atoms with Gasteiger partial charge in [0.15, 0.2) is 5.41 Å².